The maximum atomic E-state index is 14.0. The van der Waals surface area contributed by atoms with E-state index < -0.39 is 0 Å². The first kappa shape index (κ1) is 16.2. The molecule has 3 aromatic rings. The smallest absolute Gasteiger partial charge is 0.261 e. The van der Waals surface area contributed by atoms with Crippen molar-refractivity contribution in [1.29, 1.82) is 0 Å². The van der Waals surface area contributed by atoms with Crippen molar-refractivity contribution >= 4 is 5.91 Å². The number of hydrogen-bond acceptors (Lipinski definition) is 4. The second kappa shape index (κ2) is 6.92. The van der Waals surface area contributed by atoms with Crippen LogP contribution in [0.3, 0.4) is 0 Å². The van der Waals surface area contributed by atoms with Crippen LogP contribution in [0.4, 0.5) is 4.39 Å². The van der Waals surface area contributed by atoms with E-state index in [1.807, 2.05) is 24.3 Å². The third kappa shape index (κ3) is 3.26. The van der Waals surface area contributed by atoms with Crippen molar-refractivity contribution in [3.63, 3.8) is 0 Å². The quantitative estimate of drug-likeness (QED) is 0.729. The lowest BCUT2D eigenvalue weighted by atomic mass is 10.1. The van der Waals surface area contributed by atoms with Crippen LogP contribution >= 0.6 is 0 Å². The molecule has 4 rings (SSSR count). The first-order valence-corrected chi connectivity index (χ1v) is 8.25. The molecule has 26 heavy (non-hydrogen) atoms. The molecule has 0 aliphatic carbocycles. The molecule has 0 fully saturated rings. The number of carbonyl (C=O) groups excluding carboxylic acids is 1. The lowest BCUT2D eigenvalue weighted by molar-refractivity contribution is -0.133. The fourth-order valence-corrected chi connectivity index (χ4v) is 2.89. The van der Waals surface area contributed by atoms with Crippen LogP contribution in [-0.4, -0.2) is 27.4 Å². The van der Waals surface area contributed by atoms with E-state index in [2.05, 4.69) is 9.97 Å². The van der Waals surface area contributed by atoms with Gasteiger partial charge in [0, 0.05) is 30.1 Å². The normalized spacial score (nSPS) is 13.7. The molecule has 0 N–H and O–H groups in total. The van der Waals surface area contributed by atoms with E-state index in [4.69, 9.17) is 4.74 Å². The van der Waals surface area contributed by atoms with Gasteiger partial charge in [-0.15, -0.1) is 0 Å². The van der Waals surface area contributed by atoms with Gasteiger partial charge in [0.05, 0.1) is 12.2 Å². The Morgan fingerprint density at radius 1 is 1.08 bits per heavy atom. The SMILES string of the molecule is O=C1COc2ccc(-c3ccncc3)nc2CN1Cc1ccccc1F. The Balaban J connectivity index is 1.65. The molecule has 0 unspecified atom stereocenters. The Morgan fingerprint density at radius 3 is 2.69 bits per heavy atom. The number of carbonyl (C=O) groups is 1. The van der Waals surface area contributed by atoms with Gasteiger partial charge in [-0.3, -0.25) is 9.78 Å². The van der Waals surface area contributed by atoms with Crippen LogP contribution in [-0.2, 0) is 17.9 Å². The second-order valence-corrected chi connectivity index (χ2v) is 6.01. The van der Waals surface area contributed by atoms with Crippen LogP contribution in [0.5, 0.6) is 5.75 Å². The molecule has 0 bridgehead atoms. The molecule has 1 aromatic carbocycles. The minimum absolute atomic E-state index is 0.0856. The van der Waals surface area contributed by atoms with E-state index in [-0.39, 0.29) is 31.4 Å². The summed E-state index contributed by atoms with van der Waals surface area (Å²) in [5, 5.41) is 0. The maximum absolute atomic E-state index is 14.0. The minimum atomic E-state index is -0.329. The van der Waals surface area contributed by atoms with Gasteiger partial charge in [-0.05, 0) is 30.3 Å². The zero-order chi connectivity index (χ0) is 17.9. The predicted molar refractivity (Wildman–Crippen MR) is 93.6 cm³/mol. The number of nitrogens with zero attached hydrogens (tertiary/aromatic N) is 3. The summed E-state index contributed by atoms with van der Waals surface area (Å²) < 4.78 is 19.6. The molecule has 0 saturated carbocycles. The second-order valence-electron chi connectivity index (χ2n) is 6.01. The number of aromatic nitrogens is 2. The van der Waals surface area contributed by atoms with Crippen LogP contribution in [0, 0.1) is 5.82 Å². The van der Waals surface area contributed by atoms with Crippen molar-refractivity contribution in [3.05, 3.63) is 78.0 Å². The van der Waals surface area contributed by atoms with Crippen molar-refractivity contribution in [2.45, 2.75) is 13.1 Å². The number of fused-ring (bicyclic) bond motifs is 1. The first-order valence-electron chi connectivity index (χ1n) is 8.25. The number of halogens is 1. The van der Waals surface area contributed by atoms with Crippen LogP contribution in [0.25, 0.3) is 11.3 Å². The van der Waals surface area contributed by atoms with E-state index in [1.165, 1.54) is 6.07 Å². The number of amides is 1. The fraction of sp³-hybridized carbons (Fsp3) is 0.150. The molecule has 0 radical (unpaired) electrons. The summed E-state index contributed by atoms with van der Waals surface area (Å²) >= 11 is 0. The standard InChI is InChI=1S/C20H16FN3O2/c21-16-4-2-1-3-15(16)11-24-12-18-19(26-13-20(24)25)6-5-17(23-18)14-7-9-22-10-8-14/h1-10H,11-13H2. The third-order valence-electron chi connectivity index (χ3n) is 4.27. The third-order valence-corrected chi connectivity index (χ3v) is 4.27. The molecular weight excluding hydrogens is 333 g/mol. The highest BCUT2D eigenvalue weighted by Crippen LogP contribution is 2.27. The van der Waals surface area contributed by atoms with Gasteiger partial charge >= 0.3 is 0 Å². The fourth-order valence-electron chi connectivity index (χ4n) is 2.89. The molecule has 5 nitrogen and oxygen atoms in total. The summed E-state index contributed by atoms with van der Waals surface area (Å²) in [4.78, 5) is 22.6. The molecule has 1 amide bonds. The van der Waals surface area contributed by atoms with Crippen LogP contribution < -0.4 is 4.74 Å². The van der Waals surface area contributed by atoms with Gasteiger partial charge in [0.15, 0.2) is 6.61 Å². The van der Waals surface area contributed by atoms with Gasteiger partial charge in [-0.2, -0.15) is 0 Å². The van der Waals surface area contributed by atoms with E-state index in [1.54, 1.807) is 35.5 Å². The van der Waals surface area contributed by atoms with Gasteiger partial charge in [-0.25, -0.2) is 9.37 Å². The van der Waals surface area contributed by atoms with Crippen molar-refractivity contribution in [1.82, 2.24) is 14.9 Å². The van der Waals surface area contributed by atoms with Gasteiger partial charge in [0.1, 0.15) is 17.3 Å². The van der Waals surface area contributed by atoms with Crippen molar-refractivity contribution < 1.29 is 13.9 Å². The lowest BCUT2D eigenvalue weighted by Gasteiger charge is -2.20. The molecular formula is C20H16FN3O2. The molecule has 3 heterocycles. The Labute approximate surface area is 150 Å². The first-order chi connectivity index (χ1) is 12.7. The number of hydrogen-bond donors (Lipinski definition) is 0. The van der Waals surface area contributed by atoms with Crippen LogP contribution in [0.15, 0.2) is 60.9 Å². The Bertz CT molecular complexity index is 947. The highest BCUT2D eigenvalue weighted by molar-refractivity contribution is 5.78. The lowest BCUT2D eigenvalue weighted by Crippen LogP contribution is -2.32. The predicted octanol–water partition coefficient (Wildman–Crippen LogP) is 3.20. The summed E-state index contributed by atoms with van der Waals surface area (Å²) in [6.07, 6.45) is 3.40. The highest BCUT2D eigenvalue weighted by Gasteiger charge is 2.24. The highest BCUT2D eigenvalue weighted by atomic mass is 19.1. The summed E-state index contributed by atoms with van der Waals surface area (Å²) in [6.45, 7) is 0.356. The zero-order valence-corrected chi connectivity index (χ0v) is 13.9. The van der Waals surface area contributed by atoms with Crippen LogP contribution in [0.1, 0.15) is 11.3 Å². The van der Waals surface area contributed by atoms with E-state index in [9.17, 15) is 9.18 Å². The van der Waals surface area contributed by atoms with Crippen LogP contribution in [0.2, 0.25) is 0 Å². The van der Waals surface area contributed by atoms with E-state index >= 15 is 0 Å². The number of rotatable bonds is 3. The average Bonchev–Trinajstić information content (AvgIpc) is 2.83. The van der Waals surface area contributed by atoms with Gasteiger partial charge < -0.3 is 9.64 Å². The largest absolute Gasteiger partial charge is 0.482 e. The zero-order valence-electron chi connectivity index (χ0n) is 13.9. The maximum Gasteiger partial charge on any atom is 0.261 e. The van der Waals surface area contributed by atoms with Gasteiger partial charge in [0.25, 0.3) is 5.91 Å². The minimum Gasteiger partial charge on any atom is -0.482 e. The summed E-state index contributed by atoms with van der Waals surface area (Å²) in [5.41, 5.74) is 2.82. The summed E-state index contributed by atoms with van der Waals surface area (Å²) in [5.74, 6) is 0.0492. The monoisotopic (exact) mass is 349 g/mol. The molecule has 2 aromatic heterocycles. The number of ether oxygens (including phenoxy) is 1. The molecule has 6 heteroatoms. The summed E-state index contributed by atoms with van der Waals surface area (Å²) in [7, 11) is 0. The van der Waals surface area contributed by atoms with E-state index in [0.717, 1.165) is 11.3 Å². The average molecular weight is 349 g/mol. The molecule has 1 aliphatic rings. The summed E-state index contributed by atoms with van der Waals surface area (Å²) in [6, 6.07) is 13.9. The van der Waals surface area contributed by atoms with Gasteiger partial charge in [0.2, 0.25) is 0 Å². The molecule has 0 saturated heterocycles. The number of benzene rings is 1. The van der Waals surface area contributed by atoms with Crippen molar-refractivity contribution in [2.24, 2.45) is 0 Å². The Hall–Kier alpha value is -3.28. The molecule has 0 atom stereocenters. The van der Waals surface area contributed by atoms with E-state index in [0.29, 0.717) is 17.0 Å². The molecule has 130 valence electrons. The molecule has 1 aliphatic heterocycles. The Kier molecular flexibility index (Phi) is 4.31. The van der Waals surface area contributed by atoms with Crippen molar-refractivity contribution in [3.8, 4) is 17.0 Å². The molecule has 0 spiro atoms. The van der Waals surface area contributed by atoms with Crippen molar-refractivity contribution in [2.75, 3.05) is 6.61 Å². The number of pyridine rings is 2. The van der Waals surface area contributed by atoms with Gasteiger partial charge in [-0.1, -0.05) is 18.2 Å². The topological polar surface area (TPSA) is 55.3 Å². The Morgan fingerprint density at radius 2 is 1.88 bits per heavy atom.